The van der Waals surface area contributed by atoms with E-state index in [0.717, 1.165) is 18.1 Å². The van der Waals surface area contributed by atoms with Gasteiger partial charge in [0.15, 0.2) is 0 Å². The first kappa shape index (κ1) is 14.8. The lowest BCUT2D eigenvalue weighted by atomic mass is 9.87. The number of benzene rings is 2. The van der Waals surface area contributed by atoms with Crippen LogP contribution in [0.3, 0.4) is 0 Å². The molecule has 1 saturated heterocycles. The van der Waals surface area contributed by atoms with E-state index in [2.05, 4.69) is 34.5 Å². The second-order valence-electron chi connectivity index (χ2n) is 7.40. The number of nitrogens with zero attached hydrogens (tertiary/aromatic N) is 1. The quantitative estimate of drug-likeness (QED) is 0.817. The average molecular weight is 339 g/mol. The van der Waals surface area contributed by atoms with Crippen LogP contribution in [0.25, 0.3) is 11.1 Å². The summed E-state index contributed by atoms with van der Waals surface area (Å²) in [6.07, 6.45) is 5.12. The molecular formula is C21H23ClN2. The number of fused-ring (bicyclic) bond motifs is 3. The molecule has 0 bridgehead atoms. The fourth-order valence-corrected chi connectivity index (χ4v) is 5.05. The number of aryl methyl sites for hydroxylation is 1. The van der Waals surface area contributed by atoms with Crippen molar-refractivity contribution in [2.75, 3.05) is 24.5 Å². The summed E-state index contributed by atoms with van der Waals surface area (Å²) in [5.74, 6) is 0.651. The first-order valence-electron chi connectivity index (χ1n) is 9.21. The maximum atomic E-state index is 6.08. The summed E-state index contributed by atoms with van der Waals surface area (Å²) < 4.78 is 0. The molecule has 3 heterocycles. The molecule has 0 spiro atoms. The molecule has 0 aromatic heterocycles. The van der Waals surface area contributed by atoms with Crippen LogP contribution in [0, 0.1) is 0 Å². The van der Waals surface area contributed by atoms with E-state index in [9.17, 15) is 0 Å². The summed E-state index contributed by atoms with van der Waals surface area (Å²) in [6, 6.07) is 13.9. The maximum absolute atomic E-state index is 6.08. The number of anilines is 1. The average Bonchev–Trinajstić information content (AvgIpc) is 2.78. The van der Waals surface area contributed by atoms with Gasteiger partial charge in [0, 0.05) is 35.8 Å². The largest absolute Gasteiger partial charge is 0.367 e. The van der Waals surface area contributed by atoms with Gasteiger partial charge in [0.2, 0.25) is 0 Å². The minimum Gasteiger partial charge on any atom is -0.367 e. The smallest absolute Gasteiger partial charge is 0.0438 e. The summed E-state index contributed by atoms with van der Waals surface area (Å²) in [7, 11) is 0. The minimum atomic E-state index is 0.651. The Morgan fingerprint density at radius 2 is 1.92 bits per heavy atom. The van der Waals surface area contributed by atoms with E-state index in [0.29, 0.717) is 12.0 Å². The molecule has 3 aliphatic heterocycles. The number of nitrogens with one attached hydrogen (secondary N) is 1. The molecular weight excluding hydrogens is 316 g/mol. The van der Waals surface area contributed by atoms with Crippen molar-refractivity contribution in [3.05, 3.63) is 52.5 Å². The van der Waals surface area contributed by atoms with Gasteiger partial charge < -0.3 is 10.2 Å². The van der Waals surface area contributed by atoms with Gasteiger partial charge in [-0.1, -0.05) is 23.7 Å². The van der Waals surface area contributed by atoms with Crippen LogP contribution in [0.15, 0.2) is 36.4 Å². The highest BCUT2D eigenvalue weighted by Crippen LogP contribution is 2.48. The monoisotopic (exact) mass is 338 g/mol. The van der Waals surface area contributed by atoms with Gasteiger partial charge in [-0.05, 0) is 78.7 Å². The number of hydrogen-bond acceptors (Lipinski definition) is 2. The third kappa shape index (κ3) is 2.28. The molecule has 0 radical (unpaired) electrons. The summed E-state index contributed by atoms with van der Waals surface area (Å²) in [6.45, 7) is 3.52. The normalized spacial score (nSPS) is 25.1. The van der Waals surface area contributed by atoms with E-state index >= 15 is 0 Å². The summed E-state index contributed by atoms with van der Waals surface area (Å²) >= 11 is 6.08. The molecule has 124 valence electrons. The zero-order chi connectivity index (χ0) is 16.1. The zero-order valence-electron chi connectivity index (χ0n) is 13.9. The molecule has 0 saturated carbocycles. The van der Waals surface area contributed by atoms with Gasteiger partial charge in [-0.25, -0.2) is 0 Å². The van der Waals surface area contributed by atoms with Gasteiger partial charge in [-0.3, -0.25) is 0 Å². The molecule has 2 aromatic rings. The van der Waals surface area contributed by atoms with E-state index in [1.807, 2.05) is 12.1 Å². The second-order valence-corrected chi connectivity index (χ2v) is 7.83. The Morgan fingerprint density at radius 1 is 1.04 bits per heavy atom. The molecule has 0 amide bonds. The molecule has 1 N–H and O–H groups in total. The molecule has 0 aliphatic carbocycles. The highest BCUT2D eigenvalue weighted by Gasteiger charge is 2.41. The highest BCUT2D eigenvalue weighted by molar-refractivity contribution is 6.30. The number of halogens is 1. The highest BCUT2D eigenvalue weighted by atomic mass is 35.5. The first-order chi connectivity index (χ1) is 11.8. The van der Waals surface area contributed by atoms with Crippen LogP contribution in [0.4, 0.5) is 5.69 Å². The second kappa shape index (κ2) is 5.79. The Hall–Kier alpha value is -1.51. The van der Waals surface area contributed by atoms with Crippen LogP contribution in [0.5, 0.6) is 0 Å². The lowest BCUT2D eigenvalue weighted by molar-refractivity contribution is 0.401. The van der Waals surface area contributed by atoms with Crippen LogP contribution < -0.4 is 10.2 Å². The van der Waals surface area contributed by atoms with Gasteiger partial charge in [0.05, 0.1) is 0 Å². The first-order valence-corrected chi connectivity index (χ1v) is 9.59. The van der Waals surface area contributed by atoms with Crippen LogP contribution >= 0.6 is 11.6 Å². The van der Waals surface area contributed by atoms with Crippen molar-refractivity contribution >= 4 is 17.3 Å². The Balaban J connectivity index is 1.67. The van der Waals surface area contributed by atoms with Gasteiger partial charge in [0.1, 0.15) is 0 Å². The topological polar surface area (TPSA) is 15.3 Å². The minimum absolute atomic E-state index is 0.651. The lowest BCUT2D eigenvalue weighted by Gasteiger charge is -2.33. The third-order valence-electron chi connectivity index (χ3n) is 6.02. The Labute approximate surface area is 148 Å². The molecule has 1 fully saturated rings. The van der Waals surface area contributed by atoms with E-state index < -0.39 is 0 Å². The van der Waals surface area contributed by atoms with Crippen molar-refractivity contribution < 1.29 is 0 Å². The predicted octanol–water partition coefficient (Wildman–Crippen LogP) is 4.61. The standard InChI is InChI=1S/C21H23ClN2/c22-17-6-4-14(5-7-17)16-11-15-3-1-2-10-24-20-8-9-23-13-19(20)18(12-16)21(15)24/h4-7,11-12,19-20,23H,1-3,8-10,13H2/t19-,20-/m1/s1. The van der Waals surface area contributed by atoms with Crippen molar-refractivity contribution in [3.8, 4) is 11.1 Å². The zero-order valence-corrected chi connectivity index (χ0v) is 14.6. The third-order valence-corrected chi connectivity index (χ3v) is 6.28. The summed E-state index contributed by atoms with van der Waals surface area (Å²) in [5, 5.41) is 4.43. The fraction of sp³-hybridized carbons (Fsp3) is 0.429. The SMILES string of the molecule is Clc1ccc(-c2cc3c4c(c2)[C@H]2CNCC[C@H]2N4CCCC3)cc1. The molecule has 0 unspecified atom stereocenters. The van der Waals surface area contributed by atoms with Crippen LogP contribution in [0.2, 0.25) is 5.02 Å². The van der Waals surface area contributed by atoms with Crippen molar-refractivity contribution in [3.63, 3.8) is 0 Å². The molecule has 2 aromatic carbocycles. The maximum Gasteiger partial charge on any atom is 0.0438 e. The summed E-state index contributed by atoms with van der Waals surface area (Å²) in [5.41, 5.74) is 7.35. The number of piperidine rings is 1. The number of rotatable bonds is 1. The van der Waals surface area contributed by atoms with Crippen molar-refractivity contribution in [2.45, 2.75) is 37.6 Å². The van der Waals surface area contributed by atoms with Gasteiger partial charge in [0.25, 0.3) is 0 Å². The van der Waals surface area contributed by atoms with E-state index in [-0.39, 0.29) is 0 Å². The Morgan fingerprint density at radius 3 is 2.79 bits per heavy atom. The van der Waals surface area contributed by atoms with Crippen molar-refractivity contribution in [1.29, 1.82) is 0 Å². The van der Waals surface area contributed by atoms with Gasteiger partial charge in [-0.15, -0.1) is 0 Å². The molecule has 5 rings (SSSR count). The fourth-order valence-electron chi connectivity index (χ4n) is 4.93. The summed E-state index contributed by atoms with van der Waals surface area (Å²) in [4.78, 5) is 2.74. The predicted molar refractivity (Wildman–Crippen MR) is 101 cm³/mol. The van der Waals surface area contributed by atoms with Crippen LogP contribution in [0.1, 0.15) is 36.3 Å². The van der Waals surface area contributed by atoms with Crippen molar-refractivity contribution in [2.24, 2.45) is 0 Å². The molecule has 24 heavy (non-hydrogen) atoms. The molecule has 2 atom stereocenters. The molecule has 2 nitrogen and oxygen atoms in total. The molecule has 3 heteroatoms. The Kier molecular flexibility index (Phi) is 3.57. The molecule has 3 aliphatic rings. The van der Waals surface area contributed by atoms with E-state index in [1.54, 1.807) is 16.8 Å². The van der Waals surface area contributed by atoms with Gasteiger partial charge >= 0.3 is 0 Å². The van der Waals surface area contributed by atoms with Gasteiger partial charge in [-0.2, -0.15) is 0 Å². The van der Waals surface area contributed by atoms with Crippen LogP contribution in [-0.4, -0.2) is 25.7 Å². The number of hydrogen-bond donors (Lipinski definition) is 1. The van der Waals surface area contributed by atoms with Crippen molar-refractivity contribution in [1.82, 2.24) is 5.32 Å². The Bertz CT molecular complexity index is 768. The lowest BCUT2D eigenvalue weighted by Crippen LogP contribution is -2.44. The van der Waals surface area contributed by atoms with E-state index in [1.165, 1.54) is 43.4 Å². The van der Waals surface area contributed by atoms with Crippen LogP contribution in [-0.2, 0) is 6.42 Å². The van der Waals surface area contributed by atoms with E-state index in [4.69, 9.17) is 11.6 Å².